The Kier molecular flexibility index (Phi) is 11.5. The van der Waals surface area contributed by atoms with Gasteiger partial charge in [0.1, 0.15) is 0 Å². The van der Waals surface area contributed by atoms with Gasteiger partial charge in [0.15, 0.2) is 5.96 Å². The lowest BCUT2D eigenvalue weighted by atomic mass is 9.78. The summed E-state index contributed by atoms with van der Waals surface area (Å²) in [7, 11) is 2.26. The van der Waals surface area contributed by atoms with E-state index in [1.165, 1.54) is 32.1 Å². The molecule has 2 rings (SSSR count). The molecule has 1 aliphatic carbocycles. The molecule has 0 aromatic rings. The van der Waals surface area contributed by atoms with Crippen LogP contribution in [-0.2, 0) is 4.74 Å². The van der Waals surface area contributed by atoms with E-state index in [4.69, 9.17) is 9.73 Å². The smallest absolute Gasteiger partial charge is 0.191 e. The number of hydrogen-bond donors (Lipinski definition) is 2. The van der Waals surface area contributed by atoms with Crippen LogP contribution in [0.15, 0.2) is 4.99 Å². The van der Waals surface area contributed by atoms with Crippen LogP contribution in [0.3, 0.4) is 0 Å². The first-order chi connectivity index (χ1) is 12.4. The van der Waals surface area contributed by atoms with Gasteiger partial charge in [0.25, 0.3) is 0 Å². The molecule has 2 N–H and O–H groups in total. The van der Waals surface area contributed by atoms with Crippen molar-refractivity contribution in [1.29, 1.82) is 0 Å². The maximum absolute atomic E-state index is 6.10. The molecule has 0 amide bonds. The van der Waals surface area contributed by atoms with Crippen LogP contribution >= 0.6 is 24.0 Å². The van der Waals surface area contributed by atoms with Gasteiger partial charge in [-0.2, -0.15) is 0 Å². The molecule has 1 aliphatic heterocycles. The standard InChI is InChI=1S/C21H42N4O.HI/c1-6-22-20(23-13-14-25(5)18-11-7-8-12-18)24-16-17-10-9-15-26-19(17)21(2,3)4;/h17-19H,6-16H2,1-5H3,(H2,22,23,24);1H. The molecular formula is C21H43IN4O. The minimum atomic E-state index is 0. The molecule has 1 saturated heterocycles. The molecule has 2 fully saturated rings. The maximum Gasteiger partial charge on any atom is 0.191 e. The molecule has 0 aromatic carbocycles. The Morgan fingerprint density at radius 3 is 2.44 bits per heavy atom. The number of aliphatic imine (C=N–C) groups is 1. The van der Waals surface area contributed by atoms with Gasteiger partial charge in [0.2, 0.25) is 0 Å². The van der Waals surface area contributed by atoms with Crippen LogP contribution in [0, 0.1) is 11.3 Å². The summed E-state index contributed by atoms with van der Waals surface area (Å²) in [6.45, 7) is 13.6. The lowest BCUT2D eigenvalue weighted by Crippen LogP contribution is -2.44. The second kappa shape index (κ2) is 12.5. The molecule has 0 bridgehead atoms. The Morgan fingerprint density at radius 1 is 1.11 bits per heavy atom. The summed E-state index contributed by atoms with van der Waals surface area (Å²) in [6.07, 6.45) is 8.19. The van der Waals surface area contributed by atoms with Gasteiger partial charge in [-0.25, -0.2) is 0 Å². The predicted octanol–water partition coefficient (Wildman–Crippen LogP) is 3.88. The number of nitrogens with one attached hydrogen (secondary N) is 2. The molecule has 0 aromatic heterocycles. The third-order valence-electron chi connectivity index (χ3n) is 5.83. The summed E-state index contributed by atoms with van der Waals surface area (Å²) in [6, 6.07) is 0.781. The minimum absolute atomic E-state index is 0. The van der Waals surface area contributed by atoms with Gasteiger partial charge in [-0.15, -0.1) is 24.0 Å². The highest BCUT2D eigenvalue weighted by molar-refractivity contribution is 14.0. The van der Waals surface area contributed by atoms with Crippen molar-refractivity contribution in [1.82, 2.24) is 15.5 Å². The third-order valence-corrected chi connectivity index (χ3v) is 5.83. The lowest BCUT2D eigenvalue weighted by molar-refractivity contribution is -0.0823. The zero-order chi connectivity index (χ0) is 19.0. The van der Waals surface area contributed by atoms with Gasteiger partial charge in [-0.1, -0.05) is 33.6 Å². The van der Waals surface area contributed by atoms with Crippen molar-refractivity contribution in [3.05, 3.63) is 0 Å². The van der Waals surface area contributed by atoms with E-state index in [0.29, 0.717) is 12.0 Å². The average Bonchev–Trinajstić information content (AvgIpc) is 3.13. The van der Waals surface area contributed by atoms with Crippen molar-refractivity contribution >= 4 is 29.9 Å². The molecular weight excluding hydrogens is 451 g/mol. The molecule has 2 unspecified atom stereocenters. The van der Waals surface area contributed by atoms with Crippen LogP contribution < -0.4 is 10.6 Å². The van der Waals surface area contributed by atoms with Crippen LogP contribution in [0.2, 0.25) is 0 Å². The van der Waals surface area contributed by atoms with Gasteiger partial charge in [-0.3, -0.25) is 4.99 Å². The van der Waals surface area contributed by atoms with Crippen molar-refractivity contribution in [3.63, 3.8) is 0 Å². The van der Waals surface area contributed by atoms with Crippen LogP contribution in [0.25, 0.3) is 0 Å². The van der Waals surface area contributed by atoms with E-state index in [1.807, 2.05) is 0 Å². The highest BCUT2D eigenvalue weighted by Gasteiger charge is 2.35. The van der Waals surface area contributed by atoms with E-state index in [0.717, 1.165) is 51.2 Å². The van der Waals surface area contributed by atoms with E-state index in [1.54, 1.807) is 0 Å². The van der Waals surface area contributed by atoms with E-state index in [2.05, 4.69) is 50.3 Å². The van der Waals surface area contributed by atoms with Crippen molar-refractivity contribution in [2.45, 2.75) is 78.4 Å². The normalized spacial score (nSPS) is 24.7. The molecule has 160 valence electrons. The monoisotopic (exact) mass is 494 g/mol. The second-order valence-corrected chi connectivity index (χ2v) is 9.13. The largest absolute Gasteiger partial charge is 0.377 e. The zero-order valence-electron chi connectivity index (χ0n) is 18.2. The number of guanidine groups is 1. The summed E-state index contributed by atoms with van der Waals surface area (Å²) in [4.78, 5) is 7.40. The highest BCUT2D eigenvalue weighted by atomic mass is 127. The van der Waals surface area contributed by atoms with Gasteiger partial charge in [0.05, 0.1) is 6.10 Å². The summed E-state index contributed by atoms with van der Waals surface area (Å²) in [5, 5.41) is 6.92. The molecule has 2 aliphatic rings. The van der Waals surface area contributed by atoms with E-state index < -0.39 is 0 Å². The maximum atomic E-state index is 6.10. The number of likely N-dealkylation sites (N-methyl/N-ethyl adjacent to an activating group) is 1. The molecule has 27 heavy (non-hydrogen) atoms. The molecule has 1 heterocycles. The van der Waals surface area contributed by atoms with Crippen LogP contribution in [0.4, 0.5) is 0 Å². The van der Waals surface area contributed by atoms with Gasteiger partial charge in [0, 0.05) is 44.7 Å². The molecule has 5 nitrogen and oxygen atoms in total. The predicted molar refractivity (Wildman–Crippen MR) is 126 cm³/mol. The first-order valence-corrected chi connectivity index (χ1v) is 10.8. The number of rotatable bonds is 7. The first-order valence-electron chi connectivity index (χ1n) is 10.8. The Balaban J connectivity index is 0.00000364. The highest BCUT2D eigenvalue weighted by Crippen LogP contribution is 2.34. The number of hydrogen-bond acceptors (Lipinski definition) is 3. The molecule has 1 saturated carbocycles. The van der Waals surface area contributed by atoms with Gasteiger partial charge < -0.3 is 20.3 Å². The summed E-state index contributed by atoms with van der Waals surface area (Å²) in [5.41, 5.74) is 0.177. The Morgan fingerprint density at radius 2 is 1.81 bits per heavy atom. The Hall–Kier alpha value is -0.0800. The molecule has 2 atom stereocenters. The number of ether oxygens (including phenoxy) is 1. The van der Waals surface area contributed by atoms with Crippen LogP contribution in [0.5, 0.6) is 0 Å². The summed E-state index contributed by atoms with van der Waals surface area (Å²) >= 11 is 0. The molecule has 0 radical (unpaired) electrons. The van der Waals surface area contributed by atoms with Gasteiger partial charge >= 0.3 is 0 Å². The van der Waals surface area contributed by atoms with E-state index >= 15 is 0 Å². The van der Waals surface area contributed by atoms with E-state index in [-0.39, 0.29) is 29.4 Å². The molecule has 6 heteroatoms. The van der Waals surface area contributed by atoms with Crippen LogP contribution in [-0.4, -0.2) is 62.8 Å². The average molecular weight is 495 g/mol. The second-order valence-electron chi connectivity index (χ2n) is 9.13. The SMILES string of the molecule is CCNC(=NCC1CCCOC1C(C)(C)C)NCCN(C)C1CCCC1.I. The Bertz CT molecular complexity index is 432. The number of halogens is 1. The van der Waals surface area contributed by atoms with Gasteiger partial charge in [-0.05, 0) is 45.1 Å². The Labute approximate surface area is 184 Å². The molecule has 0 spiro atoms. The lowest BCUT2D eigenvalue weighted by Gasteiger charge is -2.39. The van der Waals surface area contributed by atoms with E-state index in [9.17, 15) is 0 Å². The fraction of sp³-hybridized carbons (Fsp3) is 0.952. The van der Waals surface area contributed by atoms with Crippen molar-refractivity contribution < 1.29 is 4.74 Å². The first kappa shape index (κ1) is 25.0. The van der Waals surface area contributed by atoms with Crippen LogP contribution in [0.1, 0.15) is 66.2 Å². The fourth-order valence-corrected chi connectivity index (χ4v) is 4.42. The third kappa shape index (κ3) is 8.44. The van der Waals surface area contributed by atoms with Crippen molar-refractivity contribution in [2.24, 2.45) is 16.3 Å². The van der Waals surface area contributed by atoms with Crippen molar-refractivity contribution in [3.8, 4) is 0 Å². The quantitative estimate of drug-likeness (QED) is 0.321. The topological polar surface area (TPSA) is 48.9 Å². The minimum Gasteiger partial charge on any atom is -0.377 e. The summed E-state index contributed by atoms with van der Waals surface area (Å²) < 4.78 is 6.10. The fourth-order valence-electron chi connectivity index (χ4n) is 4.42. The number of nitrogens with zero attached hydrogens (tertiary/aromatic N) is 2. The zero-order valence-corrected chi connectivity index (χ0v) is 20.6. The van der Waals surface area contributed by atoms with Crippen molar-refractivity contribution in [2.75, 3.05) is 39.8 Å². The summed E-state index contributed by atoms with van der Waals surface area (Å²) in [5.74, 6) is 1.46.